The first-order valence-electron chi connectivity index (χ1n) is 10.4. The highest BCUT2D eigenvalue weighted by molar-refractivity contribution is 6.35. The summed E-state index contributed by atoms with van der Waals surface area (Å²) in [5.41, 5.74) is -4.82. The van der Waals surface area contributed by atoms with Gasteiger partial charge in [0.15, 0.2) is 17.9 Å². The van der Waals surface area contributed by atoms with Crippen LogP contribution in [-0.4, -0.2) is 40.8 Å². The topological polar surface area (TPSA) is 67.9 Å². The van der Waals surface area contributed by atoms with Gasteiger partial charge in [-0.05, 0) is 23.3 Å². The fourth-order valence-electron chi connectivity index (χ4n) is 4.17. The summed E-state index contributed by atoms with van der Waals surface area (Å²) in [6, 6.07) is 7.24. The molecule has 3 aromatic rings. The maximum Gasteiger partial charge on any atom is 0.435 e. The highest BCUT2D eigenvalue weighted by Crippen LogP contribution is 2.50. The highest BCUT2D eigenvalue weighted by Gasteiger charge is 2.62. The van der Waals surface area contributed by atoms with E-state index in [-0.39, 0.29) is 35.7 Å². The van der Waals surface area contributed by atoms with Crippen LogP contribution in [0.1, 0.15) is 33.7 Å². The number of aromatic nitrogens is 1. The number of oxime groups is 1. The molecule has 6 nitrogen and oxygen atoms in total. The van der Waals surface area contributed by atoms with Crippen molar-refractivity contribution in [2.75, 3.05) is 13.1 Å². The fourth-order valence-corrected chi connectivity index (χ4v) is 4.66. The second-order valence-corrected chi connectivity index (χ2v) is 9.27. The predicted molar refractivity (Wildman–Crippen MR) is 118 cm³/mol. The molecule has 1 saturated heterocycles. The molecule has 5 rings (SSSR count). The third-order valence-corrected chi connectivity index (χ3v) is 6.73. The van der Waals surface area contributed by atoms with E-state index in [2.05, 4.69) is 10.1 Å². The Morgan fingerprint density at radius 1 is 1.06 bits per heavy atom. The molecule has 36 heavy (non-hydrogen) atoms. The average Bonchev–Trinajstić information content (AvgIpc) is 3.51. The lowest BCUT2D eigenvalue weighted by atomic mass is 9.84. The molecule has 1 atom stereocenters. The molecule has 2 aliphatic rings. The van der Waals surface area contributed by atoms with Crippen LogP contribution in [0.15, 0.2) is 58.6 Å². The first-order chi connectivity index (χ1) is 16.9. The second kappa shape index (κ2) is 8.45. The van der Waals surface area contributed by atoms with E-state index >= 15 is 4.39 Å². The second-order valence-electron chi connectivity index (χ2n) is 8.45. The van der Waals surface area contributed by atoms with Gasteiger partial charge in [0.1, 0.15) is 0 Å². The SMILES string of the molecule is O=C(c1cnco1)N1CC(F)(c2ccc(C3=NOC(c4cc(Cl)c(F)c(Cl)c4)(C(F)(F)F)C3)cc2)C1. The molecule has 2 aromatic carbocycles. The van der Waals surface area contributed by atoms with Crippen molar-refractivity contribution in [1.29, 1.82) is 0 Å². The van der Waals surface area contributed by atoms with E-state index in [0.717, 1.165) is 18.5 Å². The number of likely N-dealkylation sites (tertiary alicyclic amines) is 1. The van der Waals surface area contributed by atoms with Gasteiger partial charge >= 0.3 is 6.18 Å². The lowest BCUT2D eigenvalue weighted by Gasteiger charge is -2.44. The van der Waals surface area contributed by atoms with Crippen molar-refractivity contribution in [2.24, 2.45) is 5.16 Å². The number of carbonyl (C=O) groups is 1. The van der Waals surface area contributed by atoms with Crippen molar-refractivity contribution >= 4 is 34.8 Å². The molecule has 3 heterocycles. The molecule has 13 heteroatoms. The summed E-state index contributed by atoms with van der Waals surface area (Å²) in [7, 11) is 0. The molecule has 1 fully saturated rings. The quantitative estimate of drug-likeness (QED) is 0.297. The van der Waals surface area contributed by atoms with Gasteiger partial charge in [-0.25, -0.2) is 13.8 Å². The zero-order valence-electron chi connectivity index (χ0n) is 18.0. The van der Waals surface area contributed by atoms with Crippen LogP contribution in [0.2, 0.25) is 10.0 Å². The van der Waals surface area contributed by atoms with Crippen LogP contribution in [0.25, 0.3) is 0 Å². The Labute approximate surface area is 210 Å². The molecule has 0 aliphatic carbocycles. The minimum absolute atomic E-state index is 0.0106. The summed E-state index contributed by atoms with van der Waals surface area (Å²) < 4.78 is 76.5. The molecule has 0 bridgehead atoms. The molecular formula is C23H14Cl2F5N3O3. The molecule has 2 aliphatic heterocycles. The highest BCUT2D eigenvalue weighted by atomic mass is 35.5. The number of benzene rings is 2. The van der Waals surface area contributed by atoms with Gasteiger partial charge in [-0.1, -0.05) is 52.6 Å². The van der Waals surface area contributed by atoms with Crippen LogP contribution in [0.5, 0.6) is 0 Å². The Kier molecular flexibility index (Phi) is 5.75. The zero-order chi connectivity index (χ0) is 25.9. The summed E-state index contributed by atoms with van der Waals surface area (Å²) in [5, 5.41) is 2.45. The van der Waals surface area contributed by atoms with Crippen LogP contribution in [-0.2, 0) is 16.1 Å². The van der Waals surface area contributed by atoms with Crippen LogP contribution in [0.3, 0.4) is 0 Å². The summed E-state index contributed by atoms with van der Waals surface area (Å²) in [6.07, 6.45) is -3.36. The molecule has 0 radical (unpaired) electrons. The van der Waals surface area contributed by atoms with E-state index in [9.17, 15) is 22.4 Å². The molecule has 1 amide bonds. The van der Waals surface area contributed by atoms with Gasteiger partial charge in [0.05, 0.1) is 35.0 Å². The molecule has 1 unspecified atom stereocenters. The van der Waals surface area contributed by atoms with Gasteiger partial charge in [0, 0.05) is 12.0 Å². The number of hydrogen-bond donors (Lipinski definition) is 0. The third-order valence-electron chi connectivity index (χ3n) is 6.18. The van der Waals surface area contributed by atoms with Crippen LogP contribution >= 0.6 is 23.2 Å². The van der Waals surface area contributed by atoms with Gasteiger partial charge in [-0.15, -0.1) is 0 Å². The summed E-state index contributed by atoms with van der Waals surface area (Å²) in [5.74, 6) is -1.56. The lowest BCUT2D eigenvalue weighted by Crippen LogP contribution is -2.58. The Bertz CT molecular complexity index is 1330. The van der Waals surface area contributed by atoms with Crippen LogP contribution in [0.4, 0.5) is 22.0 Å². The van der Waals surface area contributed by atoms with E-state index in [0.29, 0.717) is 0 Å². The van der Waals surface area contributed by atoms with E-state index in [1.807, 2.05) is 0 Å². The van der Waals surface area contributed by atoms with E-state index in [1.54, 1.807) is 0 Å². The first-order valence-corrected chi connectivity index (χ1v) is 11.1. The molecule has 0 saturated carbocycles. The maximum atomic E-state index is 15.3. The third kappa shape index (κ3) is 3.90. The van der Waals surface area contributed by atoms with Crippen molar-refractivity contribution in [3.05, 3.63) is 87.3 Å². The van der Waals surface area contributed by atoms with Crippen molar-refractivity contribution in [3.63, 3.8) is 0 Å². The number of nitrogens with zero attached hydrogens (tertiary/aromatic N) is 3. The minimum Gasteiger partial charge on any atom is -0.438 e. The molecular weight excluding hydrogens is 532 g/mol. The van der Waals surface area contributed by atoms with Crippen molar-refractivity contribution < 1.29 is 36.0 Å². The van der Waals surface area contributed by atoms with Gasteiger partial charge in [-0.3, -0.25) is 4.79 Å². The van der Waals surface area contributed by atoms with E-state index in [1.165, 1.54) is 35.4 Å². The number of oxazole rings is 1. The smallest absolute Gasteiger partial charge is 0.435 e. The fraction of sp³-hybridized carbons (Fsp3) is 0.261. The van der Waals surface area contributed by atoms with Gasteiger partial charge in [0.25, 0.3) is 11.5 Å². The first kappa shape index (κ1) is 24.5. The number of halogens is 7. The molecule has 1 aromatic heterocycles. The number of alkyl halides is 4. The molecule has 0 N–H and O–H groups in total. The normalized spacial score (nSPS) is 21.1. The lowest BCUT2D eigenvalue weighted by molar-refractivity contribution is -0.275. The summed E-state index contributed by atoms with van der Waals surface area (Å²) in [4.78, 5) is 22.0. The maximum absolute atomic E-state index is 15.3. The summed E-state index contributed by atoms with van der Waals surface area (Å²) >= 11 is 11.4. The van der Waals surface area contributed by atoms with E-state index < -0.39 is 51.2 Å². The van der Waals surface area contributed by atoms with Crippen molar-refractivity contribution in [2.45, 2.75) is 23.9 Å². The Morgan fingerprint density at radius 2 is 1.69 bits per heavy atom. The van der Waals surface area contributed by atoms with Gasteiger partial charge < -0.3 is 14.2 Å². The zero-order valence-corrected chi connectivity index (χ0v) is 19.5. The Balaban J connectivity index is 1.34. The standard InChI is InChI=1S/C23H14Cl2F5N3O3/c24-15-5-14(6-16(25)19(15)26)22(23(28,29)30)7-17(32-36-22)12-1-3-13(4-2-12)21(27)9-33(10-21)20(34)18-8-31-11-35-18/h1-6,8,11H,7,9-10H2. The van der Waals surface area contributed by atoms with Crippen LogP contribution in [0, 0.1) is 5.82 Å². The predicted octanol–water partition coefficient (Wildman–Crippen LogP) is 6.02. The van der Waals surface area contributed by atoms with Gasteiger partial charge in [0.2, 0.25) is 5.76 Å². The number of rotatable bonds is 4. The molecule has 0 spiro atoms. The Hall–Kier alpha value is -3.18. The van der Waals surface area contributed by atoms with Crippen molar-refractivity contribution in [3.8, 4) is 0 Å². The average molecular weight is 546 g/mol. The monoisotopic (exact) mass is 545 g/mol. The van der Waals surface area contributed by atoms with Gasteiger partial charge in [-0.2, -0.15) is 13.2 Å². The summed E-state index contributed by atoms with van der Waals surface area (Å²) in [6.45, 7) is -0.446. The number of carbonyl (C=O) groups excluding carboxylic acids is 1. The Morgan fingerprint density at radius 3 is 2.25 bits per heavy atom. The number of hydrogen-bond acceptors (Lipinski definition) is 5. The van der Waals surface area contributed by atoms with Crippen LogP contribution < -0.4 is 0 Å². The van der Waals surface area contributed by atoms with Crippen molar-refractivity contribution in [1.82, 2.24) is 9.88 Å². The van der Waals surface area contributed by atoms with E-state index in [4.69, 9.17) is 32.5 Å². The number of amides is 1. The largest absolute Gasteiger partial charge is 0.438 e. The minimum atomic E-state index is -4.95. The molecule has 188 valence electrons.